The van der Waals surface area contributed by atoms with Crippen LogP contribution in [-0.4, -0.2) is 4.98 Å². The molecule has 18 heavy (non-hydrogen) atoms. The molecule has 0 spiro atoms. The Morgan fingerprint density at radius 1 is 1.11 bits per heavy atom. The van der Waals surface area contributed by atoms with Gasteiger partial charge in [0.1, 0.15) is 10.4 Å². The number of nitrogens with zero attached hydrogens (tertiary/aromatic N) is 1. The maximum atomic E-state index is 13.4. The van der Waals surface area contributed by atoms with Gasteiger partial charge in [0, 0.05) is 24.4 Å². The number of hydrogen-bond donors (Lipinski definition) is 1. The van der Waals surface area contributed by atoms with E-state index in [-0.39, 0.29) is 12.1 Å². The fraction of sp³-hybridized carbons (Fsp3) is 0.0833. The molecule has 0 aliphatic heterocycles. The number of hydrogen-bond acceptors (Lipinski definition) is 2. The molecule has 2 rings (SSSR count). The predicted molar refractivity (Wildman–Crippen MR) is 65.6 cm³/mol. The first-order valence-corrected chi connectivity index (χ1v) is 5.85. The number of nitrogens with one attached hydrogen (secondary N) is 1. The van der Waals surface area contributed by atoms with Crippen LogP contribution < -0.4 is 5.32 Å². The highest BCUT2D eigenvalue weighted by atomic mass is 79.9. The molecule has 0 saturated heterocycles. The van der Waals surface area contributed by atoms with Crippen molar-refractivity contribution >= 4 is 21.6 Å². The summed E-state index contributed by atoms with van der Waals surface area (Å²) in [6.45, 7) is 0.0350. The van der Waals surface area contributed by atoms with Gasteiger partial charge in [-0.3, -0.25) is 0 Å². The van der Waals surface area contributed by atoms with Crippen LogP contribution in [0.3, 0.4) is 0 Å². The molecular formula is C12H8BrF3N2. The number of halogens is 4. The average molecular weight is 317 g/mol. The Morgan fingerprint density at radius 3 is 2.56 bits per heavy atom. The average Bonchev–Trinajstić information content (AvgIpc) is 2.34. The van der Waals surface area contributed by atoms with Gasteiger partial charge in [-0.1, -0.05) is 0 Å². The summed E-state index contributed by atoms with van der Waals surface area (Å²) in [6, 6.07) is 4.80. The normalized spacial score (nSPS) is 10.4. The molecule has 1 N–H and O–H groups in total. The van der Waals surface area contributed by atoms with Crippen molar-refractivity contribution in [2.45, 2.75) is 6.54 Å². The van der Waals surface area contributed by atoms with E-state index in [1.165, 1.54) is 0 Å². The summed E-state index contributed by atoms with van der Waals surface area (Å²) < 4.78 is 39.6. The molecule has 94 valence electrons. The topological polar surface area (TPSA) is 24.9 Å². The Labute approximate surface area is 110 Å². The first-order chi connectivity index (χ1) is 8.58. The molecule has 2 nitrogen and oxygen atoms in total. The molecular weight excluding hydrogens is 309 g/mol. The van der Waals surface area contributed by atoms with E-state index in [0.29, 0.717) is 16.4 Å². The van der Waals surface area contributed by atoms with Crippen LogP contribution in [0.1, 0.15) is 5.56 Å². The first kappa shape index (κ1) is 12.9. The van der Waals surface area contributed by atoms with Gasteiger partial charge < -0.3 is 5.32 Å². The molecule has 1 aromatic carbocycles. The van der Waals surface area contributed by atoms with Crippen molar-refractivity contribution in [3.8, 4) is 0 Å². The minimum atomic E-state index is -1.20. The molecule has 1 heterocycles. The zero-order valence-electron chi connectivity index (χ0n) is 9.05. The van der Waals surface area contributed by atoms with E-state index in [1.54, 1.807) is 18.3 Å². The number of aromatic nitrogens is 1. The number of pyridine rings is 1. The van der Waals surface area contributed by atoms with Gasteiger partial charge in [-0.2, -0.15) is 0 Å². The molecule has 6 heteroatoms. The molecule has 1 aromatic heterocycles. The summed E-state index contributed by atoms with van der Waals surface area (Å²) in [5.41, 5.74) is 0.686. The summed E-state index contributed by atoms with van der Waals surface area (Å²) >= 11 is 3.21. The highest BCUT2D eigenvalue weighted by molar-refractivity contribution is 9.10. The van der Waals surface area contributed by atoms with Gasteiger partial charge in [-0.05, 0) is 34.1 Å². The third-order valence-corrected chi connectivity index (χ3v) is 2.95. The van der Waals surface area contributed by atoms with Crippen LogP contribution in [0.15, 0.2) is 35.1 Å². The molecule has 0 radical (unpaired) electrons. The summed E-state index contributed by atoms with van der Waals surface area (Å²) in [5, 5.41) is 2.88. The van der Waals surface area contributed by atoms with E-state index in [9.17, 15) is 13.2 Å². The second kappa shape index (κ2) is 5.39. The Balaban J connectivity index is 2.16. The minimum Gasteiger partial charge on any atom is -0.379 e. The van der Waals surface area contributed by atoms with Crippen molar-refractivity contribution in [3.63, 3.8) is 0 Å². The van der Waals surface area contributed by atoms with Gasteiger partial charge in [0.05, 0.1) is 5.69 Å². The Kier molecular flexibility index (Phi) is 3.86. The molecule has 0 saturated carbocycles. The Hall–Kier alpha value is -1.56. The SMILES string of the molecule is Fc1cc(F)c(CNc2cccnc2Br)cc1F. The summed E-state index contributed by atoms with van der Waals surface area (Å²) in [4.78, 5) is 3.97. The monoisotopic (exact) mass is 316 g/mol. The smallest absolute Gasteiger partial charge is 0.161 e. The van der Waals surface area contributed by atoms with E-state index in [4.69, 9.17) is 0 Å². The zero-order valence-corrected chi connectivity index (χ0v) is 10.6. The lowest BCUT2D eigenvalue weighted by Crippen LogP contribution is -2.04. The molecule has 0 aliphatic carbocycles. The van der Waals surface area contributed by atoms with Gasteiger partial charge >= 0.3 is 0 Å². The largest absolute Gasteiger partial charge is 0.379 e. The molecule has 0 amide bonds. The van der Waals surface area contributed by atoms with Crippen molar-refractivity contribution < 1.29 is 13.2 Å². The lowest BCUT2D eigenvalue weighted by Gasteiger charge is -2.09. The Morgan fingerprint density at radius 2 is 1.83 bits per heavy atom. The van der Waals surface area contributed by atoms with Gasteiger partial charge in [0.25, 0.3) is 0 Å². The van der Waals surface area contributed by atoms with Crippen LogP contribution in [0.4, 0.5) is 18.9 Å². The van der Waals surface area contributed by atoms with E-state index in [0.717, 1.165) is 6.07 Å². The molecule has 2 aromatic rings. The number of anilines is 1. The molecule has 0 bridgehead atoms. The fourth-order valence-corrected chi connectivity index (χ4v) is 1.80. The second-order valence-electron chi connectivity index (χ2n) is 3.55. The van der Waals surface area contributed by atoms with Gasteiger partial charge in [-0.25, -0.2) is 18.2 Å². The maximum Gasteiger partial charge on any atom is 0.161 e. The lowest BCUT2D eigenvalue weighted by molar-refractivity contribution is 0.490. The van der Waals surface area contributed by atoms with Crippen molar-refractivity contribution in [2.24, 2.45) is 0 Å². The van der Waals surface area contributed by atoms with Crippen molar-refractivity contribution in [1.29, 1.82) is 0 Å². The highest BCUT2D eigenvalue weighted by Crippen LogP contribution is 2.20. The van der Waals surface area contributed by atoms with Crippen LogP contribution in [0.5, 0.6) is 0 Å². The molecule has 0 atom stereocenters. The summed E-state index contributed by atoms with van der Waals surface area (Å²) in [7, 11) is 0. The first-order valence-electron chi connectivity index (χ1n) is 5.05. The van der Waals surface area contributed by atoms with E-state index in [2.05, 4.69) is 26.2 Å². The van der Waals surface area contributed by atoms with Crippen LogP contribution in [0, 0.1) is 17.5 Å². The molecule has 0 aliphatic rings. The lowest BCUT2D eigenvalue weighted by atomic mass is 10.2. The van der Waals surface area contributed by atoms with E-state index >= 15 is 0 Å². The molecule has 0 fully saturated rings. The Bertz CT molecular complexity index is 575. The van der Waals surface area contributed by atoms with Crippen LogP contribution in [0.25, 0.3) is 0 Å². The van der Waals surface area contributed by atoms with E-state index < -0.39 is 17.5 Å². The van der Waals surface area contributed by atoms with Crippen LogP contribution in [-0.2, 0) is 6.54 Å². The number of benzene rings is 1. The zero-order chi connectivity index (χ0) is 13.1. The standard InChI is InChI=1S/C12H8BrF3N2/c13-12-11(2-1-3-17-12)18-6-7-4-9(15)10(16)5-8(7)14/h1-5,18H,6H2. The highest BCUT2D eigenvalue weighted by Gasteiger charge is 2.10. The van der Waals surface area contributed by atoms with Gasteiger partial charge in [-0.15, -0.1) is 0 Å². The molecule has 0 unspecified atom stereocenters. The summed E-state index contributed by atoms with van der Waals surface area (Å²) in [6.07, 6.45) is 1.59. The van der Waals surface area contributed by atoms with E-state index in [1.807, 2.05) is 0 Å². The third kappa shape index (κ3) is 2.81. The van der Waals surface area contributed by atoms with Crippen molar-refractivity contribution in [2.75, 3.05) is 5.32 Å². The third-order valence-electron chi connectivity index (χ3n) is 2.32. The van der Waals surface area contributed by atoms with Crippen molar-refractivity contribution in [1.82, 2.24) is 4.98 Å². The van der Waals surface area contributed by atoms with Crippen molar-refractivity contribution in [3.05, 3.63) is 58.1 Å². The minimum absolute atomic E-state index is 0.0350. The predicted octanol–water partition coefficient (Wildman–Crippen LogP) is 3.87. The fourth-order valence-electron chi connectivity index (χ4n) is 1.41. The van der Waals surface area contributed by atoms with Gasteiger partial charge in [0.2, 0.25) is 0 Å². The quantitative estimate of drug-likeness (QED) is 0.686. The van der Waals surface area contributed by atoms with Crippen LogP contribution in [0.2, 0.25) is 0 Å². The number of rotatable bonds is 3. The maximum absolute atomic E-state index is 13.4. The van der Waals surface area contributed by atoms with Crippen LogP contribution >= 0.6 is 15.9 Å². The second-order valence-corrected chi connectivity index (χ2v) is 4.30. The summed E-state index contributed by atoms with van der Waals surface area (Å²) in [5.74, 6) is -3.06. The van der Waals surface area contributed by atoms with Gasteiger partial charge in [0.15, 0.2) is 11.6 Å².